The number of nitrogens with one attached hydrogen (secondary N) is 3. The predicted octanol–water partition coefficient (Wildman–Crippen LogP) is 3.16. The lowest BCUT2D eigenvalue weighted by atomic mass is 9.98. The summed E-state index contributed by atoms with van der Waals surface area (Å²) in [5.74, 6) is 0.0340. The first-order valence-electron chi connectivity index (χ1n) is 8.78. The van der Waals surface area contributed by atoms with Crippen molar-refractivity contribution in [3.05, 3.63) is 30.3 Å². The summed E-state index contributed by atoms with van der Waals surface area (Å²) in [6, 6.07) is 9.68. The van der Waals surface area contributed by atoms with Crippen LogP contribution in [0.4, 0.5) is 17.1 Å². The zero-order chi connectivity index (χ0) is 19.8. The summed E-state index contributed by atoms with van der Waals surface area (Å²) in [6.07, 6.45) is 0. The molecule has 0 unspecified atom stereocenters. The lowest BCUT2D eigenvalue weighted by molar-refractivity contribution is 0.580. The first-order chi connectivity index (χ1) is 12.9. The van der Waals surface area contributed by atoms with Gasteiger partial charge in [0.1, 0.15) is 5.52 Å². The van der Waals surface area contributed by atoms with Crippen molar-refractivity contribution in [2.24, 2.45) is 7.05 Å². The maximum Gasteiger partial charge on any atom is 0.195 e. The van der Waals surface area contributed by atoms with E-state index in [1.165, 1.54) is 4.68 Å². The highest BCUT2D eigenvalue weighted by Gasteiger charge is 2.24. The highest BCUT2D eigenvalue weighted by atomic mass is 32.2. The Kier molecular flexibility index (Phi) is 5.01. The molecule has 2 aromatic carbocycles. The summed E-state index contributed by atoms with van der Waals surface area (Å²) in [6.45, 7) is 1.65. The SMILES string of the molecule is CCS(=O)(=O)c1c2cccc(-c3c(NC)cc(NC)cc3NC)c2nn1C. The number of sulfone groups is 1. The molecule has 0 spiro atoms. The summed E-state index contributed by atoms with van der Waals surface area (Å²) in [4.78, 5) is 0. The van der Waals surface area contributed by atoms with Gasteiger partial charge in [0.05, 0.1) is 5.75 Å². The van der Waals surface area contributed by atoms with Gasteiger partial charge < -0.3 is 16.0 Å². The van der Waals surface area contributed by atoms with Crippen molar-refractivity contribution in [2.45, 2.75) is 11.9 Å². The van der Waals surface area contributed by atoms with Gasteiger partial charge in [-0.05, 0) is 18.2 Å². The molecule has 7 nitrogen and oxygen atoms in total. The molecule has 0 atom stereocenters. The Morgan fingerprint density at radius 2 is 1.67 bits per heavy atom. The molecule has 0 aliphatic carbocycles. The number of hydrogen-bond acceptors (Lipinski definition) is 6. The average Bonchev–Trinajstić information content (AvgIpc) is 3.03. The fraction of sp³-hybridized carbons (Fsp3) is 0.316. The molecule has 0 aliphatic rings. The van der Waals surface area contributed by atoms with Crippen LogP contribution in [-0.4, -0.2) is 45.1 Å². The summed E-state index contributed by atoms with van der Waals surface area (Å²) < 4.78 is 26.6. The molecule has 27 heavy (non-hydrogen) atoms. The van der Waals surface area contributed by atoms with Crippen molar-refractivity contribution in [1.29, 1.82) is 0 Å². The highest BCUT2D eigenvalue weighted by Crippen LogP contribution is 2.41. The van der Waals surface area contributed by atoms with E-state index in [1.807, 2.05) is 51.5 Å². The fourth-order valence-electron chi connectivity index (χ4n) is 3.37. The largest absolute Gasteiger partial charge is 0.388 e. The lowest BCUT2D eigenvalue weighted by Gasteiger charge is -2.17. The Hall–Kier alpha value is -2.74. The fourth-order valence-corrected chi connectivity index (χ4v) is 4.59. The van der Waals surface area contributed by atoms with Crippen molar-refractivity contribution >= 4 is 37.8 Å². The summed E-state index contributed by atoms with van der Waals surface area (Å²) in [5.41, 5.74) is 5.29. The Labute approximate surface area is 159 Å². The third-order valence-corrected chi connectivity index (χ3v) is 6.55. The van der Waals surface area contributed by atoms with Crippen LogP contribution in [0, 0.1) is 0 Å². The Morgan fingerprint density at radius 1 is 1.04 bits per heavy atom. The minimum Gasteiger partial charge on any atom is -0.388 e. The molecule has 0 aliphatic heterocycles. The molecular weight excluding hydrogens is 362 g/mol. The first-order valence-corrected chi connectivity index (χ1v) is 10.4. The molecular formula is C19H25N5O2S. The molecule has 0 saturated carbocycles. The van der Waals surface area contributed by atoms with Crippen LogP contribution in [0.3, 0.4) is 0 Å². The Bertz CT molecular complexity index is 1080. The first kappa shape index (κ1) is 19.0. The van der Waals surface area contributed by atoms with E-state index < -0.39 is 9.84 Å². The average molecular weight is 388 g/mol. The van der Waals surface area contributed by atoms with Crippen LogP contribution in [0.2, 0.25) is 0 Å². The van der Waals surface area contributed by atoms with Crippen LogP contribution in [-0.2, 0) is 16.9 Å². The minimum absolute atomic E-state index is 0.0340. The number of nitrogens with zero attached hydrogens (tertiary/aromatic N) is 2. The van der Waals surface area contributed by atoms with Gasteiger partial charge >= 0.3 is 0 Å². The van der Waals surface area contributed by atoms with Crippen LogP contribution in [0.15, 0.2) is 35.4 Å². The van der Waals surface area contributed by atoms with Gasteiger partial charge in [-0.3, -0.25) is 4.68 Å². The van der Waals surface area contributed by atoms with Crippen molar-refractivity contribution in [3.63, 3.8) is 0 Å². The zero-order valence-electron chi connectivity index (χ0n) is 16.2. The third-order valence-electron chi connectivity index (χ3n) is 4.72. The second kappa shape index (κ2) is 7.11. The maximum atomic E-state index is 12.6. The molecule has 8 heteroatoms. The van der Waals surface area contributed by atoms with Gasteiger partial charge in [-0.25, -0.2) is 8.42 Å². The van der Waals surface area contributed by atoms with Crippen LogP contribution in [0.1, 0.15) is 6.92 Å². The Balaban J connectivity index is 2.39. The van der Waals surface area contributed by atoms with E-state index in [1.54, 1.807) is 14.0 Å². The molecule has 1 aromatic heterocycles. The van der Waals surface area contributed by atoms with Gasteiger partial charge in [0.25, 0.3) is 0 Å². The van der Waals surface area contributed by atoms with E-state index in [4.69, 9.17) is 0 Å². The second-order valence-corrected chi connectivity index (χ2v) is 8.42. The van der Waals surface area contributed by atoms with Gasteiger partial charge in [-0.15, -0.1) is 0 Å². The van der Waals surface area contributed by atoms with E-state index in [0.717, 1.165) is 28.2 Å². The van der Waals surface area contributed by atoms with Crippen molar-refractivity contribution in [3.8, 4) is 11.1 Å². The van der Waals surface area contributed by atoms with E-state index in [9.17, 15) is 8.42 Å². The van der Waals surface area contributed by atoms with E-state index >= 15 is 0 Å². The van der Waals surface area contributed by atoms with Crippen molar-refractivity contribution in [2.75, 3.05) is 42.8 Å². The van der Waals surface area contributed by atoms with E-state index in [-0.39, 0.29) is 10.8 Å². The van der Waals surface area contributed by atoms with E-state index in [0.29, 0.717) is 10.9 Å². The van der Waals surface area contributed by atoms with E-state index in [2.05, 4.69) is 21.0 Å². The number of hydrogen-bond donors (Lipinski definition) is 3. The lowest BCUT2D eigenvalue weighted by Crippen LogP contribution is -2.09. The monoisotopic (exact) mass is 387 g/mol. The number of aryl methyl sites for hydroxylation is 1. The highest BCUT2D eigenvalue weighted by molar-refractivity contribution is 7.91. The van der Waals surface area contributed by atoms with Gasteiger partial charge in [0, 0.05) is 61.8 Å². The molecule has 144 valence electrons. The van der Waals surface area contributed by atoms with Crippen LogP contribution >= 0.6 is 0 Å². The molecule has 0 amide bonds. The predicted molar refractivity (Wildman–Crippen MR) is 113 cm³/mol. The number of anilines is 3. The van der Waals surface area contributed by atoms with Crippen LogP contribution in [0.25, 0.3) is 22.0 Å². The number of benzene rings is 2. The number of fused-ring (bicyclic) bond motifs is 1. The van der Waals surface area contributed by atoms with Gasteiger partial charge in [-0.1, -0.05) is 19.1 Å². The molecule has 3 rings (SSSR count). The van der Waals surface area contributed by atoms with Crippen molar-refractivity contribution < 1.29 is 8.42 Å². The summed E-state index contributed by atoms with van der Waals surface area (Å²) in [7, 11) is 3.88. The Morgan fingerprint density at radius 3 is 2.19 bits per heavy atom. The molecule has 0 bridgehead atoms. The molecule has 0 fully saturated rings. The number of aromatic nitrogens is 2. The van der Waals surface area contributed by atoms with Crippen LogP contribution in [0.5, 0.6) is 0 Å². The summed E-state index contributed by atoms with van der Waals surface area (Å²) in [5, 5.41) is 15.1. The van der Waals surface area contributed by atoms with Crippen LogP contribution < -0.4 is 16.0 Å². The molecule has 0 saturated heterocycles. The second-order valence-electron chi connectivity index (χ2n) is 6.23. The quantitative estimate of drug-likeness (QED) is 0.602. The summed E-state index contributed by atoms with van der Waals surface area (Å²) >= 11 is 0. The van der Waals surface area contributed by atoms with Gasteiger partial charge in [0.15, 0.2) is 14.9 Å². The third kappa shape index (κ3) is 3.10. The molecule has 3 aromatic rings. The smallest absolute Gasteiger partial charge is 0.195 e. The van der Waals surface area contributed by atoms with Gasteiger partial charge in [0.2, 0.25) is 0 Å². The molecule has 3 N–H and O–H groups in total. The molecule has 0 radical (unpaired) electrons. The minimum atomic E-state index is -3.39. The number of rotatable bonds is 6. The van der Waals surface area contributed by atoms with Gasteiger partial charge in [-0.2, -0.15) is 5.10 Å². The maximum absolute atomic E-state index is 12.6. The normalized spacial score (nSPS) is 11.6. The topological polar surface area (TPSA) is 88.1 Å². The molecule has 1 heterocycles. The zero-order valence-corrected chi connectivity index (χ0v) is 17.0. The van der Waals surface area contributed by atoms with Crippen molar-refractivity contribution in [1.82, 2.24) is 9.78 Å². The standard InChI is InChI=1S/C19H25N5O2S/c1-6-27(25,26)19-14-9-7-8-13(18(14)23-24(19)5)17-15(21-3)10-12(20-2)11-16(17)22-4/h7-11,20-22H,6H2,1-5H3.